The van der Waals surface area contributed by atoms with Gasteiger partial charge in [0.2, 0.25) is 0 Å². The van der Waals surface area contributed by atoms with Crippen molar-refractivity contribution in [2.24, 2.45) is 0 Å². The molecular weight excluding hydrogens is 220 g/mol. The predicted molar refractivity (Wildman–Crippen MR) is 67.1 cm³/mol. The van der Waals surface area contributed by atoms with Gasteiger partial charge in [-0.2, -0.15) is 5.10 Å². The minimum atomic E-state index is 0.506. The Morgan fingerprint density at radius 1 is 1.38 bits per heavy atom. The molecule has 1 aliphatic carbocycles. The molecule has 2 aromatic rings. The second-order valence-corrected chi connectivity index (χ2v) is 5.34. The number of halogens is 1. The molecule has 16 heavy (non-hydrogen) atoms. The second-order valence-electron chi connectivity index (χ2n) is 4.94. The van der Waals surface area contributed by atoms with Gasteiger partial charge in [-0.25, -0.2) is 0 Å². The van der Waals surface area contributed by atoms with Crippen LogP contribution in [0.3, 0.4) is 0 Å². The van der Waals surface area contributed by atoms with Gasteiger partial charge in [0.1, 0.15) is 5.52 Å². The van der Waals surface area contributed by atoms with E-state index in [0.717, 1.165) is 10.5 Å². The molecule has 1 aromatic heterocycles. The van der Waals surface area contributed by atoms with E-state index in [1.54, 1.807) is 0 Å². The summed E-state index contributed by atoms with van der Waals surface area (Å²) < 4.78 is 2.07. The summed E-state index contributed by atoms with van der Waals surface area (Å²) >= 11 is 6.27. The first-order valence-electron chi connectivity index (χ1n) is 5.83. The van der Waals surface area contributed by atoms with Crippen molar-refractivity contribution in [3.63, 3.8) is 0 Å². The van der Waals surface area contributed by atoms with Gasteiger partial charge in [0.15, 0.2) is 0 Å². The first-order chi connectivity index (χ1) is 7.65. The Bertz CT molecular complexity index is 538. The quantitative estimate of drug-likeness (QED) is 0.763. The Kier molecular flexibility index (Phi) is 2.21. The number of hydrogen-bond acceptors (Lipinski definition) is 1. The molecule has 3 rings (SSSR count). The summed E-state index contributed by atoms with van der Waals surface area (Å²) in [6.45, 7) is 4.37. The maximum Gasteiger partial charge on any atom is 0.111 e. The van der Waals surface area contributed by atoms with Crippen LogP contribution in [0.15, 0.2) is 18.3 Å². The van der Waals surface area contributed by atoms with Crippen LogP contribution in [0, 0.1) is 0 Å². The van der Waals surface area contributed by atoms with Crippen molar-refractivity contribution < 1.29 is 0 Å². The lowest BCUT2D eigenvalue weighted by Gasteiger charge is -2.05. The van der Waals surface area contributed by atoms with Crippen molar-refractivity contribution in [3.8, 4) is 0 Å². The van der Waals surface area contributed by atoms with Gasteiger partial charge in [-0.15, -0.1) is 0 Å². The summed E-state index contributed by atoms with van der Waals surface area (Å²) in [5, 5.41) is 6.51. The summed E-state index contributed by atoms with van der Waals surface area (Å²) in [6, 6.07) is 4.86. The average Bonchev–Trinajstić information content (AvgIpc) is 2.98. The SMILES string of the molecule is CC(C)c1cc(Cl)c2nn(C3CC3)cc2c1. The molecule has 0 spiro atoms. The molecule has 0 bridgehead atoms. The number of fused-ring (bicyclic) bond motifs is 1. The molecular formula is C13H15ClN2. The third-order valence-corrected chi connectivity index (χ3v) is 3.48. The van der Waals surface area contributed by atoms with E-state index in [2.05, 4.69) is 35.9 Å². The molecule has 1 fully saturated rings. The molecule has 1 saturated carbocycles. The fourth-order valence-electron chi connectivity index (χ4n) is 1.99. The first kappa shape index (κ1) is 10.2. The maximum absolute atomic E-state index is 6.27. The van der Waals surface area contributed by atoms with Crippen LogP contribution in [-0.4, -0.2) is 9.78 Å². The van der Waals surface area contributed by atoms with E-state index in [9.17, 15) is 0 Å². The number of hydrogen-bond donors (Lipinski definition) is 0. The first-order valence-corrected chi connectivity index (χ1v) is 6.21. The molecule has 0 radical (unpaired) electrons. The van der Waals surface area contributed by atoms with Crippen LogP contribution in [0.4, 0.5) is 0 Å². The third kappa shape index (κ3) is 1.61. The van der Waals surface area contributed by atoms with Gasteiger partial charge in [0, 0.05) is 11.6 Å². The maximum atomic E-state index is 6.27. The van der Waals surface area contributed by atoms with Gasteiger partial charge in [-0.3, -0.25) is 4.68 Å². The minimum Gasteiger partial charge on any atom is -0.268 e. The Balaban J connectivity index is 2.17. The van der Waals surface area contributed by atoms with E-state index < -0.39 is 0 Å². The van der Waals surface area contributed by atoms with E-state index in [1.165, 1.54) is 23.8 Å². The highest BCUT2D eigenvalue weighted by atomic mass is 35.5. The molecule has 1 aliphatic rings. The molecule has 0 atom stereocenters. The van der Waals surface area contributed by atoms with Crippen LogP contribution < -0.4 is 0 Å². The van der Waals surface area contributed by atoms with Gasteiger partial charge >= 0.3 is 0 Å². The van der Waals surface area contributed by atoms with E-state index in [4.69, 9.17) is 11.6 Å². The highest BCUT2D eigenvalue weighted by Gasteiger charge is 2.25. The lowest BCUT2D eigenvalue weighted by molar-refractivity contribution is 0.649. The Labute approximate surface area is 100 Å². The molecule has 1 heterocycles. The molecule has 3 heteroatoms. The predicted octanol–water partition coefficient (Wildman–Crippen LogP) is 4.15. The second kappa shape index (κ2) is 3.49. The Morgan fingerprint density at radius 2 is 2.12 bits per heavy atom. The lowest BCUT2D eigenvalue weighted by atomic mass is 10.0. The van der Waals surface area contributed by atoms with Gasteiger partial charge in [-0.05, 0) is 36.5 Å². The van der Waals surface area contributed by atoms with Gasteiger partial charge in [0.25, 0.3) is 0 Å². The number of benzene rings is 1. The summed E-state index contributed by atoms with van der Waals surface area (Å²) in [7, 11) is 0. The summed E-state index contributed by atoms with van der Waals surface area (Å²) in [6.07, 6.45) is 4.63. The molecule has 0 amide bonds. The molecule has 1 aromatic carbocycles. The largest absolute Gasteiger partial charge is 0.268 e. The number of nitrogens with zero attached hydrogens (tertiary/aromatic N) is 2. The fourth-order valence-corrected chi connectivity index (χ4v) is 2.27. The number of aromatic nitrogens is 2. The topological polar surface area (TPSA) is 17.8 Å². The zero-order chi connectivity index (χ0) is 11.3. The van der Waals surface area contributed by atoms with Crippen molar-refractivity contribution in [3.05, 3.63) is 28.9 Å². The van der Waals surface area contributed by atoms with Gasteiger partial charge in [0.05, 0.1) is 11.1 Å². The highest BCUT2D eigenvalue weighted by Crippen LogP contribution is 2.36. The van der Waals surface area contributed by atoms with Crippen LogP contribution in [0.1, 0.15) is 44.2 Å². The summed E-state index contributed by atoms with van der Waals surface area (Å²) in [4.78, 5) is 0. The van der Waals surface area contributed by atoms with Crippen LogP contribution in [0.5, 0.6) is 0 Å². The fraction of sp³-hybridized carbons (Fsp3) is 0.462. The lowest BCUT2D eigenvalue weighted by Crippen LogP contribution is -1.92. The average molecular weight is 235 g/mol. The Morgan fingerprint density at radius 3 is 2.75 bits per heavy atom. The van der Waals surface area contributed by atoms with Crippen molar-refractivity contribution in [2.45, 2.75) is 38.6 Å². The van der Waals surface area contributed by atoms with Crippen molar-refractivity contribution >= 4 is 22.5 Å². The van der Waals surface area contributed by atoms with Gasteiger partial charge < -0.3 is 0 Å². The van der Waals surface area contributed by atoms with Crippen LogP contribution in [0.25, 0.3) is 10.9 Å². The van der Waals surface area contributed by atoms with E-state index in [-0.39, 0.29) is 0 Å². The molecule has 0 saturated heterocycles. The smallest absolute Gasteiger partial charge is 0.111 e. The zero-order valence-electron chi connectivity index (χ0n) is 9.57. The van der Waals surface area contributed by atoms with Gasteiger partial charge in [-0.1, -0.05) is 25.4 Å². The summed E-state index contributed by atoms with van der Waals surface area (Å²) in [5.74, 6) is 0.506. The van der Waals surface area contributed by atoms with Crippen molar-refractivity contribution in [1.29, 1.82) is 0 Å². The highest BCUT2D eigenvalue weighted by molar-refractivity contribution is 6.35. The zero-order valence-corrected chi connectivity index (χ0v) is 10.3. The molecule has 84 valence electrons. The molecule has 0 unspecified atom stereocenters. The molecule has 2 nitrogen and oxygen atoms in total. The van der Waals surface area contributed by atoms with Crippen LogP contribution >= 0.6 is 11.6 Å². The van der Waals surface area contributed by atoms with E-state index >= 15 is 0 Å². The monoisotopic (exact) mass is 234 g/mol. The minimum absolute atomic E-state index is 0.506. The molecule has 0 aliphatic heterocycles. The molecule has 0 N–H and O–H groups in total. The summed E-state index contributed by atoms with van der Waals surface area (Å²) in [5.41, 5.74) is 2.23. The van der Waals surface area contributed by atoms with Crippen molar-refractivity contribution in [1.82, 2.24) is 9.78 Å². The van der Waals surface area contributed by atoms with E-state index in [1.807, 2.05) is 6.07 Å². The number of rotatable bonds is 2. The standard InChI is InChI=1S/C13H15ClN2/c1-8(2)9-5-10-7-16(11-3-4-11)15-13(10)12(14)6-9/h5-8,11H,3-4H2,1-2H3. The normalized spacial score (nSPS) is 16.2. The van der Waals surface area contributed by atoms with Crippen LogP contribution in [0.2, 0.25) is 5.02 Å². The van der Waals surface area contributed by atoms with E-state index in [0.29, 0.717) is 12.0 Å². The third-order valence-electron chi connectivity index (χ3n) is 3.19. The Hall–Kier alpha value is -1.02. The van der Waals surface area contributed by atoms with Crippen LogP contribution in [-0.2, 0) is 0 Å². The van der Waals surface area contributed by atoms with Crippen molar-refractivity contribution in [2.75, 3.05) is 0 Å².